The Balaban J connectivity index is 1.82. The molecule has 2 aromatic carbocycles. The van der Waals surface area contributed by atoms with Crippen molar-refractivity contribution in [3.8, 4) is 11.5 Å². The fourth-order valence-electron chi connectivity index (χ4n) is 2.54. The highest BCUT2D eigenvalue weighted by Crippen LogP contribution is 2.26. The molecular formula is C21H26N2O4. The lowest BCUT2D eigenvalue weighted by Crippen LogP contribution is -2.29. The minimum atomic E-state index is -0.230. The van der Waals surface area contributed by atoms with Gasteiger partial charge in [-0.05, 0) is 42.7 Å². The number of carbonyl (C=O) groups excluding carboxylic acids is 1. The van der Waals surface area contributed by atoms with Crippen molar-refractivity contribution in [1.29, 1.82) is 0 Å². The Kier molecular flexibility index (Phi) is 7.67. The number of oxime groups is 1. The number of rotatable bonds is 9. The summed E-state index contributed by atoms with van der Waals surface area (Å²) in [6, 6.07) is 13.5. The maximum absolute atomic E-state index is 12.0. The highest BCUT2D eigenvalue weighted by molar-refractivity contribution is 5.81. The minimum absolute atomic E-state index is 0.0955. The molecular weight excluding hydrogens is 344 g/mol. The quantitative estimate of drug-likeness (QED) is 0.542. The van der Waals surface area contributed by atoms with Crippen LogP contribution in [-0.2, 0) is 16.1 Å². The van der Waals surface area contributed by atoms with E-state index in [0.29, 0.717) is 11.5 Å². The molecule has 0 heterocycles. The van der Waals surface area contributed by atoms with Gasteiger partial charge in [-0.1, -0.05) is 36.3 Å². The fourth-order valence-corrected chi connectivity index (χ4v) is 2.54. The number of hydrogen-bond acceptors (Lipinski definition) is 5. The third-order valence-electron chi connectivity index (χ3n) is 4.15. The van der Waals surface area contributed by atoms with Gasteiger partial charge in [0.05, 0.1) is 26.5 Å². The lowest BCUT2D eigenvalue weighted by atomic mass is 10.1. The Labute approximate surface area is 160 Å². The molecule has 0 aromatic heterocycles. The molecule has 2 aromatic rings. The van der Waals surface area contributed by atoms with Gasteiger partial charge in [0.2, 0.25) is 0 Å². The summed E-state index contributed by atoms with van der Waals surface area (Å²) in [5.41, 5.74) is 3.09. The number of aryl methyl sites for hydroxylation is 1. The number of nitrogens with one attached hydrogen (secondary N) is 1. The van der Waals surface area contributed by atoms with Crippen LogP contribution in [0, 0.1) is 0 Å². The molecule has 1 amide bonds. The maximum Gasteiger partial charge on any atom is 0.261 e. The van der Waals surface area contributed by atoms with Crippen molar-refractivity contribution < 1.29 is 19.1 Å². The van der Waals surface area contributed by atoms with Crippen LogP contribution in [0.5, 0.6) is 11.5 Å². The van der Waals surface area contributed by atoms with Gasteiger partial charge >= 0.3 is 0 Å². The van der Waals surface area contributed by atoms with Gasteiger partial charge in [0.1, 0.15) is 0 Å². The molecule has 0 aliphatic carbocycles. The van der Waals surface area contributed by atoms with E-state index < -0.39 is 0 Å². The van der Waals surface area contributed by atoms with E-state index in [2.05, 4.69) is 29.5 Å². The molecule has 1 atom stereocenters. The van der Waals surface area contributed by atoms with Gasteiger partial charge in [-0.3, -0.25) is 4.79 Å². The minimum Gasteiger partial charge on any atom is -0.493 e. The van der Waals surface area contributed by atoms with Crippen molar-refractivity contribution in [3.05, 3.63) is 59.2 Å². The SMILES string of the molecule is CCc1ccc([C@@H](C)NC(=O)CO/N=C\c2ccc(OC)c(OC)c2)cc1. The third-order valence-corrected chi connectivity index (χ3v) is 4.15. The van der Waals surface area contributed by atoms with Crippen molar-refractivity contribution in [2.75, 3.05) is 20.8 Å². The van der Waals surface area contributed by atoms with Crippen LogP contribution in [0.25, 0.3) is 0 Å². The number of benzene rings is 2. The summed E-state index contributed by atoms with van der Waals surface area (Å²) < 4.78 is 10.4. The highest BCUT2D eigenvalue weighted by Gasteiger charge is 2.10. The van der Waals surface area contributed by atoms with Crippen LogP contribution in [0.1, 0.15) is 36.6 Å². The zero-order chi connectivity index (χ0) is 19.6. The van der Waals surface area contributed by atoms with Crippen LogP contribution in [0.3, 0.4) is 0 Å². The average molecular weight is 370 g/mol. The molecule has 0 fully saturated rings. The van der Waals surface area contributed by atoms with Crippen LogP contribution in [0.2, 0.25) is 0 Å². The number of amides is 1. The van der Waals surface area contributed by atoms with Crippen molar-refractivity contribution in [1.82, 2.24) is 5.32 Å². The second-order valence-electron chi connectivity index (χ2n) is 6.01. The van der Waals surface area contributed by atoms with Gasteiger partial charge in [-0.25, -0.2) is 0 Å². The standard InChI is InChI=1S/C21H26N2O4/c1-5-16-6-9-18(10-7-16)15(2)23-21(24)14-27-22-13-17-8-11-19(25-3)20(12-17)26-4/h6-13,15H,5,14H2,1-4H3,(H,23,24)/b22-13-/t15-/m1/s1. The summed E-state index contributed by atoms with van der Waals surface area (Å²) in [4.78, 5) is 17.1. The van der Waals surface area contributed by atoms with Gasteiger partial charge in [0.25, 0.3) is 5.91 Å². The topological polar surface area (TPSA) is 69.2 Å². The van der Waals surface area contributed by atoms with Gasteiger partial charge < -0.3 is 19.6 Å². The molecule has 2 rings (SSSR count). The number of nitrogens with zero attached hydrogens (tertiary/aromatic N) is 1. The van der Waals surface area contributed by atoms with Crippen molar-refractivity contribution in [3.63, 3.8) is 0 Å². The van der Waals surface area contributed by atoms with E-state index in [9.17, 15) is 4.79 Å². The summed E-state index contributed by atoms with van der Waals surface area (Å²) in [5, 5.41) is 6.72. The second kappa shape index (κ2) is 10.2. The third kappa shape index (κ3) is 6.02. The lowest BCUT2D eigenvalue weighted by Gasteiger charge is -2.14. The lowest BCUT2D eigenvalue weighted by molar-refractivity contribution is -0.126. The smallest absolute Gasteiger partial charge is 0.261 e. The van der Waals surface area contributed by atoms with E-state index in [1.54, 1.807) is 26.4 Å². The predicted octanol–water partition coefficient (Wildman–Crippen LogP) is 3.49. The Morgan fingerprint density at radius 2 is 1.81 bits per heavy atom. The Morgan fingerprint density at radius 1 is 1.11 bits per heavy atom. The zero-order valence-electron chi connectivity index (χ0n) is 16.2. The summed E-state index contributed by atoms with van der Waals surface area (Å²) in [6.45, 7) is 3.90. The molecule has 1 N–H and O–H groups in total. The van der Waals surface area contributed by atoms with E-state index in [1.807, 2.05) is 25.1 Å². The van der Waals surface area contributed by atoms with Crippen molar-refractivity contribution >= 4 is 12.1 Å². The van der Waals surface area contributed by atoms with Crippen molar-refractivity contribution in [2.45, 2.75) is 26.3 Å². The molecule has 0 spiro atoms. The Morgan fingerprint density at radius 3 is 2.44 bits per heavy atom. The molecule has 6 nitrogen and oxygen atoms in total. The number of hydrogen-bond donors (Lipinski definition) is 1. The maximum atomic E-state index is 12.0. The summed E-state index contributed by atoms with van der Waals surface area (Å²) in [5.74, 6) is 1.00. The molecule has 0 bridgehead atoms. The second-order valence-corrected chi connectivity index (χ2v) is 6.01. The molecule has 0 radical (unpaired) electrons. The number of methoxy groups -OCH3 is 2. The van der Waals surface area contributed by atoms with E-state index in [1.165, 1.54) is 11.8 Å². The molecule has 6 heteroatoms. The Bertz CT molecular complexity index is 772. The normalized spacial score (nSPS) is 11.9. The molecule has 0 aliphatic heterocycles. The highest BCUT2D eigenvalue weighted by atomic mass is 16.6. The molecule has 27 heavy (non-hydrogen) atoms. The first kappa shape index (κ1) is 20.3. The predicted molar refractivity (Wildman–Crippen MR) is 105 cm³/mol. The molecule has 0 aliphatic rings. The van der Waals surface area contributed by atoms with Crippen LogP contribution in [0.15, 0.2) is 47.6 Å². The van der Waals surface area contributed by atoms with Gasteiger partial charge in [-0.2, -0.15) is 0 Å². The van der Waals surface area contributed by atoms with E-state index in [0.717, 1.165) is 17.5 Å². The van der Waals surface area contributed by atoms with Crippen LogP contribution >= 0.6 is 0 Å². The Hall–Kier alpha value is -3.02. The zero-order valence-corrected chi connectivity index (χ0v) is 16.2. The fraction of sp³-hybridized carbons (Fsp3) is 0.333. The first-order valence-electron chi connectivity index (χ1n) is 8.83. The first-order valence-corrected chi connectivity index (χ1v) is 8.83. The summed E-state index contributed by atoms with van der Waals surface area (Å²) in [7, 11) is 3.14. The van der Waals surface area contributed by atoms with Gasteiger partial charge in [0.15, 0.2) is 18.1 Å². The molecule has 0 saturated heterocycles. The van der Waals surface area contributed by atoms with Crippen LogP contribution < -0.4 is 14.8 Å². The largest absolute Gasteiger partial charge is 0.493 e. The molecule has 0 unspecified atom stereocenters. The van der Waals surface area contributed by atoms with E-state index in [4.69, 9.17) is 14.3 Å². The molecule has 0 saturated carbocycles. The van der Waals surface area contributed by atoms with Crippen molar-refractivity contribution in [2.24, 2.45) is 5.16 Å². The van der Waals surface area contributed by atoms with E-state index >= 15 is 0 Å². The summed E-state index contributed by atoms with van der Waals surface area (Å²) >= 11 is 0. The number of ether oxygens (including phenoxy) is 2. The van der Waals surface area contributed by atoms with Gasteiger partial charge in [0, 0.05) is 5.56 Å². The van der Waals surface area contributed by atoms with Gasteiger partial charge in [-0.15, -0.1) is 0 Å². The van der Waals surface area contributed by atoms with Crippen LogP contribution in [0.4, 0.5) is 0 Å². The molecule has 144 valence electrons. The monoisotopic (exact) mass is 370 g/mol. The average Bonchev–Trinajstić information content (AvgIpc) is 2.71. The number of carbonyl (C=O) groups is 1. The van der Waals surface area contributed by atoms with E-state index in [-0.39, 0.29) is 18.6 Å². The first-order chi connectivity index (χ1) is 13.1. The van der Waals surface area contributed by atoms with Crippen LogP contribution in [-0.4, -0.2) is 32.9 Å². The summed E-state index contributed by atoms with van der Waals surface area (Å²) in [6.07, 6.45) is 2.51.